The third-order valence-electron chi connectivity index (χ3n) is 6.64. The molecular weight excluding hydrogens is 354 g/mol. The van der Waals surface area contributed by atoms with Crippen molar-refractivity contribution in [2.24, 2.45) is 11.8 Å². The number of aromatic nitrogens is 1. The topological polar surface area (TPSA) is 22.1 Å². The molecule has 1 aromatic heterocycles. The van der Waals surface area contributed by atoms with Crippen LogP contribution in [0.5, 0.6) is 5.75 Å². The van der Waals surface area contributed by atoms with Crippen LogP contribution in [0.3, 0.4) is 0 Å². The van der Waals surface area contributed by atoms with Gasteiger partial charge in [0.2, 0.25) is 0 Å². The van der Waals surface area contributed by atoms with Gasteiger partial charge < -0.3 is 4.74 Å². The summed E-state index contributed by atoms with van der Waals surface area (Å²) < 4.78 is 5.80. The first-order valence-corrected chi connectivity index (χ1v) is 12.0. The van der Waals surface area contributed by atoms with Crippen LogP contribution >= 0.6 is 0 Å². The van der Waals surface area contributed by atoms with Gasteiger partial charge in [0.25, 0.3) is 0 Å². The molecule has 1 aromatic carbocycles. The van der Waals surface area contributed by atoms with E-state index in [1.807, 2.05) is 12.3 Å². The van der Waals surface area contributed by atoms with Crippen molar-refractivity contribution in [3.05, 3.63) is 48.2 Å². The molecule has 158 valence electrons. The van der Waals surface area contributed by atoms with E-state index in [2.05, 4.69) is 49.2 Å². The lowest BCUT2D eigenvalue weighted by atomic mass is 9.78. The van der Waals surface area contributed by atoms with Gasteiger partial charge in [-0.1, -0.05) is 89.5 Å². The quantitative estimate of drug-likeness (QED) is 0.362. The molecule has 1 aliphatic rings. The van der Waals surface area contributed by atoms with Gasteiger partial charge in [-0.15, -0.1) is 0 Å². The predicted molar refractivity (Wildman–Crippen MR) is 123 cm³/mol. The van der Waals surface area contributed by atoms with E-state index in [4.69, 9.17) is 4.74 Å². The Balaban J connectivity index is 1.43. The van der Waals surface area contributed by atoms with Crippen molar-refractivity contribution in [3.63, 3.8) is 0 Å². The fourth-order valence-corrected chi connectivity index (χ4v) is 4.50. The highest BCUT2D eigenvalue weighted by Crippen LogP contribution is 2.33. The fourth-order valence-electron chi connectivity index (χ4n) is 4.50. The van der Waals surface area contributed by atoms with E-state index in [0.717, 1.165) is 36.3 Å². The average molecular weight is 394 g/mol. The van der Waals surface area contributed by atoms with Gasteiger partial charge in [0.1, 0.15) is 5.75 Å². The van der Waals surface area contributed by atoms with Crippen LogP contribution in [-0.4, -0.2) is 11.6 Å². The molecule has 0 unspecified atom stereocenters. The molecule has 2 heteroatoms. The largest absolute Gasteiger partial charge is 0.492 e. The molecule has 3 rings (SSSR count). The Kier molecular flexibility index (Phi) is 9.05. The minimum atomic E-state index is 0.788. The lowest BCUT2D eigenvalue weighted by Crippen LogP contribution is -2.14. The molecule has 0 radical (unpaired) electrons. The van der Waals surface area contributed by atoms with Crippen LogP contribution in [-0.2, 0) is 6.42 Å². The van der Waals surface area contributed by atoms with Crippen molar-refractivity contribution in [3.8, 4) is 17.0 Å². The Labute approximate surface area is 178 Å². The zero-order valence-electron chi connectivity index (χ0n) is 18.5. The molecule has 2 nitrogen and oxygen atoms in total. The van der Waals surface area contributed by atoms with Crippen LogP contribution in [0.4, 0.5) is 0 Å². The van der Waals surface area contributed by atoms with Crippen molar-refractivity contribution >= 4 is 0 Å². The van der Waals surface area contributed by atoms with Gasteiger partial charge in [-0.2, -0.15) is 0 Å². The van der Waals surface area contributed by atoms with Crippen LogP contribution in [0.25, 0.3) is 11.3 Å². The minimum Gasteiger partial charge on any atom is -0.492 e. The summed E-state index contributed by atoms with van der Waals surface area (Å²) in [6.07, 6.45) is 16.5. The highest BCUT2D eigenvalue weighted by Gasteiger charge is 2.19. The summed E-state index contributed by atoms with van der Waals surface area (Å²) in [7, 11) is 0. The first-order valence-electron chi connectivity index (χ1n) is 12.0. The second kappa shape index (κ2) is 12.0. The first kappa shape index (κ1) is 21.9. The average Bonchev–Trinajstić information content (AvgIpc) is 2.79. The number of hydrogen-bond donors (Lipinski definition) is 0. The molecule has 0 aliphatic heterocycles. The predicted octanol–water partition coefficient (Wildman–Crippen LogP) is 7.86. The van der Waals surface area contributed by atoms with Gasteiger partial charge >= 0.3 is 0 Å². The number of rotatable bonds is 11. The van der Waals surface area contributed by atoms with E-state index < -0.39 is 0 Å². The van der Waals surface area contributed by atoms with Crippen molar-refractivity contribution in [2.45, 2.75) is 84.5 Å². The number of ether oxygens (including phenoxy) is 1. The summed E-state index contributed by atoms with van der Waals surface area (Å²) in [6.45, 7) is 5.36. The minimum absolute atomic E-state index is 0.788. The summed E-state index contributed by atoms with van der Waals surface area (Å²) in [6, 6.07) is 13.1. The smallest absolute Gasteiger partial charge is 0.137 e. The molecule has 0 amide bonds. The van der Waals surface area contributed by atoms with Gasteiger partial charge in [0, 0.05) is 5.56 Å². The lowest BCUT2D eigenvalue weighted by Gasteiger charge is -2.27. The first-order chi connectivity index (χ1) is 14.3. The van der Waals surface area contributed by atoms with Crippen molar-refractivity contribution < 1.29 is 4.74 Å². The highest BCUT2D eigenvalue weighted by atomic mass is 16.5. The maximum Gasteiger partial charge on any atom is 0.137 e. The van der Waals surface area contributed by atoms with E-state index in [0.29, 0.717) is 0 Å². The van der Waals surface area contributed by atoms with Crippen molar-refractivity contribution in [1.82, 2.24) is 4.98 Å². The summed E-state index contributed by atoms with van der Waals surface area (Å²) in [5, 5.41) is 0. The zero-order chi connectivity index (χ0) is 20.3. The molecule has 1 saturated carbocycles. The monoisotopic (exact) mass is 393 g/mol. The van der Waals surface area contributed by atoms with Crippen LogP contribution in [0.2, 0.25) is 0 Å². The molecule has 29 heavy (non-hydrogen) atoms. The molecule has 0 N–H and O–H groups in total. The highest BCUT2D eigenvalue weighted by molar-refractivity contribution is 5.59. The second-order valence-electron chi connectivity index (χ2n) is 8.82. The molecular formula is C27H39NO. The van der Waals surface area contributed by atoms with Gasteiger partial charge in [-0.25, -0.2) is 0 Å². The Morgan fingerprint density at radius 3 is 2.28 bits per heavy atom. The Morgan fingerprint density at radius 1 is 0.862 bits per heavy atom. The van der Waals surface area contributed by atoms with Crippen LogP contribution in [0.15, 0.2) is 42.6 Å². The number of nitrogens with zero attached hydrogens (tertiary/aromatic N) is 1. The molecule has 1 aliphatic carbocycles. The van der Waals surface area contributed by atoms with Gasteiger partial charge in [-0.05, 0) is 48.8 Å². The van der Waals surface area contributed by atoms with Crippen LogP contribution in [0, 0.1) is 11.8 Å². The molecule has 0 bridgehead atoms. The maximum absolute atomic E-state index is 5.80. The Morgan fingerprint density at radius 2 is 1.62 bits per heavy atom. The van der Waals surface area contributed by atoms with E-state index in [-0.39, 0.29) is 0 Å². The van der Waals surface area contributed by atoms with E-state index in [1.54, 1.807) is 0 Å². The summed E-state index contributed by atoms with van der Waals surface area (Å²) >= 11 is 0. The second-order valence-corrected chi connectivity index (χ2v) is 8.82. The SMILES string of the molecule is CCCCCCOc1ccc(-c2ccc(CCC3CCC(CC)CC3)cc2)nc1. The lowest BCUT2D eigenvalue weighted by molar-refractivity contribution is 0.259. The molecule has 0 saturated heterocycles. The summed E-state index contributed by atoms with van der Waals surface area (Å²) in [5.74, 6) is 2.81. The van der Waals surface area contributed by atoms with Gasteiger partial charge in [0.05, 0.1) is 18.5 Å². The zero-order valence-corrected chi connectivity index (χ0v) is 18.5. The van der Waals surface area contributed by atoms with E-state index in [9.17, 15) is 0 Å². The third kappa shape index (κ3) is 7.17. The van der Waals surface area contributed by atoms with Gasteiger partial charge in [0.15, 0.2) is 0 Å². The van der Waals surface area contributed by atoms with E-state index >= 15 is 0 Å². The number of pyridine rings is 1. The van der Waals surface area contributed by atoms with Gasteiger partial charge in [-0.3, -0.25) is 4.98 Å². The fraction of sp³-hybridized carbons (Fsp3) is 0.593. The number of unbranched alkanes of at least 4 members (excludes halogenated alkanes) is 3. The normalized spacial score (nSPS) is 19.2. The van der Waals surface area contributed by atoms with Crippen LogP contribution in [0.1, 0.15) is 83.6 Å². The standard InChI is InChI=1S/C27H39NO/c1-3-5-6-7-20-29-26-18-19-27(28-21-26)25-16-14-24(15-17-25)13-12-23-10-8-22(4-2)9-11-23/h14-19,21-23H,3-13,20H2,1-2H3. The number of benzene rings is 1. The molecule has 1 fully saturated rings. The summed E-state index contributed by atoms with van der Waals surface area (Å²) in [4.78, 5) is 4.60. The van der Waals surface area contributed by atoms with Crippen LogP contribution < -0.4 is 4.74 Å². The van der Waals surface area contributed by atoms with Crippen molar-refractivity contribution in [2.75, 3.05) is 6.61 Å². The molecule has 0 spiro atoms. The van der Waals surface area contributed by atoms with Crippen molar-refractivity contribution in [1.29, 1.82) is 0 Å². The maximum atomic E-state index is 5.80. The van der Waals surface area contributed by atoms with E-state index in [1.165, 1.54) is 75.3 Å². The molecule has 2 aromatic rings. The summed E-state index contributed by atoms with van der Waals surface area (Å²) in [5.41, 5.74) is 3.66. The molecule has 1 heterocycles. The Bertz CT molecular complexity index is 683. The Hall–Kier alpha value is -1.83. The number of hydrogen-bond acceptors (Lipinski definition) is 2. The third-order valence-corrected chi connectivity index (χ3v) is 6.64. The molecule has 0 atom stereocenters. The number of aryl methyl sites for hydroxylation is 1.